The van der Waals surface area contributed by atoms with E-state index in [1.807, 2.05) is 0 Å². The highest BCUT2D eigenvalue weighted by Gasteiger charge is 2.26. The first-order valence-electron chi connectivity index (χ1n) is 13.0. The second kappa shape index (κ2) is 8.24. The average molecular weight is 465 g/mol. The third-order valence-corrected chi connectivity index (χ3v) is 7.99. The first-order chi connectivity index (χ1) is 17.7. The summed E-state index contributed by atoms with van der Waals surface area (Å²) in [6, 6.07) is 34.9. The van der Waals surface area contributed by atoms with Crippen molar-refractivity contribution in [3.05, 3.63) is 125 Å². The van der Waals surface area contributed by atoms with Crippen molar-refractivity contribution in [3.8, 4) is 50.3 Å². The quantitative estimate of drug-likeness (QED) is 0.276. The van der Waals surface area contributed by atoms with E-state index >= 15 is 0 Å². The number of rotatable bonds is 4. The summed E-state index contributed by atoms with van der Waals surface area (Å²) in [5.41, 5.74) is 16.1. The lowest BCUT2D eigenvalue weighted by Crippen LogP contribution is -1.95. The van der Waals surface area contributed by atoms with Crippen LogP contribution in [-0.4, -0.2) is 5.11 Å². The van der Waals surface area contributed by atoms with Gasteiger partial charge in [0.15, 0.2) is 0 Å². The smallest absolute Gasteiger partial charge is 0.131 e. The van der Waals surface area contributed by atoms with Gasteiger partial charge in [-0.3, -0.25) is 0 Å². The molecular weight excluding hydrogens is 436 g/mol. The molecule has 0 heterocycles. The van der Waals surface area contributed by atoms with Crippen molar-refractivity contribution in [2.24, 2.45) is 0 Å². The molecule has 5 aromatic rings. The van der Waals surface area contributed by atoms with Gasteiger partial charge in [-0.1, -0.05) is 98.3 Å². The molecule has 5 aromatic carbocycles. The molecule has 0 atom stereocenters. The topological polar surface area (TPSA) is 20.2 Å². The minimum absolute atomic E-state index is 0.392. The summed E-state index contributed by atoms with van der Waals surface area (Å²) in [5.74, 6) is 0.392. The number of phenols is 1. The van der Waals surface area contributed by atoms with E-state index < -0.39 is 0 Å². The van der Waals surface area contributed by atoms with Crippen molar-refractivity contribution in [3.63, 3.8) is 0 Å². The molecule has 174 valence electrons. The normalized spacial score (nSPS) is 12.7. The van der Waals surface area contributed by atoms with Crippen LogP contribution in [0, 0.1) is 0 Å². The van der Waals surface area contributed by atoms with Gasteiger partial charge in [0, 0.05) is 11.1 Å². The van der Waals surface area contributed by atoms with Crippen LogP contribution in [-0.2, 0) is 19.3 Å². The molecule has 1 heteroatoms. The van der Waals surface area contributed by atoms with Crippen LogP contribution < -0.4 is 0 Å². The van der Waals surface area contributed by atoms with E-state index in [0.717, 1.165) is 47.9 Å². The van der Waals surface area contributed by atoms with Gasteiger partial charge in [0.05, 0.1) is 0 Å². The highest BCUT2D eigenvalue weighted by Crippen LogP contribution is 2.49. The molecule has 0 fully saturated rings. The first-order valence-corrected chi connectivity index (χ1v) is 13.0. The Bertz CT molecular complexity index is 1540. The maximum atomic E-state index is 11.9. The lowest BCUT2D eigenvalue weighted by Gasteiger charge is -2.18. The molecule has 36 heavy (non-hydrogen) atoms. The zero-order chi connectivity index (χ0) is 24.2. The van der Waals surface area contributed by atoms with E-state index in [9.17, 15) is 5.11 Å². The SMILES string of the molecule is CCCc1cc(-c2cccc3c2Cc2ccccc2-3)c(O)c(-c2cccc3c2Cc2ccccc2-3)c1. The number of benzene rings is 5. The van der Waals surface area contributed by atoms with Gasteiger partial charge >= 0.3 is 0 Å². The van der Waals surface area contributed by atoms with Crippen LogP contribution >= 0.6 is 0 Å². The van der Waals surface area contributed by atoms with Gasteiger partial charge in [0.2, 0.25) is 0 Å². The Kier molecular flexibility index (Phi) is 4.85. The number of aromatic hydroxyl groups is 1. The number of fused-ring (bicyclic) bond motifs is 6. The van der Waals surface area contributed by atoms with Crippen LogP contribution in [0.5, 0.6) is 5.75 Å². The molecular formula is C35H28O. The summed E-state index contributed by atoms with van der Waals surface area (Å²) in [6.07, 6.45) is 3.88. The molecule has 0 bridgehead atoms. The Hall–Kier alpha value is -4.10. The molecule has 0 radical (unpaired) electrons. The molecule has 7 rings (SSSR count). The van der Waals surface area contributed by atoms with Crippen LogP contribution in [0.1, 0.15) is 41.2 Å². The number of aryl methyl sites for hydroxylation is 1. The lowest BCUT2D eigenvalue weighted by atomic mass is 9.88. The fraction of sp³-hybridized carbons (Fsp3) is 0.143. The molecule has 0 aromatic heterocycles. The number of phenolic OH excluding ortho intramolecular Hbond substituents is 1. The summed E-state index contributed by atoms with van der Waals surface area (Å²) in [4.78, 5) is 0. The number of hydrogen-bond acceptors (Lipinski definition) is 1. The Morgan fingerprint density at radius 2 is 0.944 bits per heavy atom. The van der Waals surface area contributed by atoms with Crippen molar-refractivity contribution in [1.82, 2.24) is 0 Å². The molecule has 1 N–H and O–H groups in total. The predicted octanol–water partition coefficient (Wildman–Crippen LogP) is 8.82. The second-order valence-electron chi connectivity index (χ2n) is 10.1. The van der Waals surface area contributed by atoms with Crippen LogP contribution in [0.25, 0.3) is 44.5 Å². The third kappa shape index (κ3) is 3.16. The van der Waals surface area contributed by atoms with Crippen LogP contribution in [0.2, 0.25) is 0 Å². The van der Waals surface area contributed by atoms with Crippen LogP contribution in [0.4, 0.5) is 0 Å². The highest BCUT2D eigenvalue weighted by molar-refractivity contribution is 5.92. The molecule has 1 nitrogen and oxygen atoms in total. The maximum absolute atomic E-state index is 11.9. The maximum Gasteiger partial charge on any atom is 0.131 e. The molecule has 2 aliphatic rings. The van der Waals surface area contributed by atoms with Crippen LogP contribution in [0.15, 0.2) is 97.1 Å². The van der Waals surface area contributed by atoms with Crippen molar-refractivity contribution in [2.75, 3.05) is 0 Å². The molecule has 0 saturated carbocycles. The van der Waals surface area contributed by atoms with E-state index in [-0.39, 0.29) is 0 Å². The van der Waals surface area contributed by atoms with E-state index in [4.69, 9.17) is 0 Å². The molecule has 0 amide bonds. The van der Waals surface area contributed by atoms with Crippen molar-refractivity contribution >= 4 is 0 Å². The zero-order valence-corrected chi connectivity index (χ0v) is 20.5. The molecule has 0 spiro atoms. The van der Waals surface area contributed by atoms with E-state index in [1.165, 1.54) is 50.1 Å². The molecule has 0 unspecified atom stereocenters. The highest BCUT2D eigenvalue weighted by atomic mass is 16.3. The van der Waals surface area contributed by atoms with E-state index in [2.05, 4.69) is 104 Å². The van der Waals surface area contributed by atoms with Gasteiger partial charge in [0.1, 0.15) is 5.75 Å². The van der Waals surface area contributed by atoms with Crippen molar-refractivity contribution < 1.29 is 5.11 Å². The average Bonchev–Trinajstić information content (AvgIpc) is 3.48. The fourth-order valence-corrected chi connectivity index (χ4v) is 6.36. The Morgan fingerprint density at radius 1 is 0.528 bits per heavy atom. The third-order valence-electron chi connectivity index (χ3n) is 7.99. The minimum atomic E-state index is 0.392. The van der Waals surface area contributed by atoms with E-state index in [1.54, 1.807) is 0 Å². The van der Waals surface area contributed by atoms with Gasteiger partial charge in [-0.05, 0) is 92.6 Å². The monoisotopic (exact) mass is 464 g/mol. The summed E-state index contributed by atoms with van der Waals surface area (Å²) < 4.78 is 0. The van der Waals surface area contributed by atoms with Crippen molar-refractivity contribution in [2.45, 2.75) is 32.6 Å². The minimum Gasteiger partial charge on any atom is -0.507 e. The van der Waals surface area contributed by atoms with Gasteiger partial charge < -0.3 is 5.11 Å². The summed E-state index contributed by atoms with van der Waals surface area (Å²) in [6.45, 7) is 2.22. The standard InChI is InChI=1S/C35H28O/c1-2-9-22-18-33(29-16-7-14-27-25-12-5-3-10-23(25)20-31(27)29)35(36)34(19-22)30-17-8-15-28-26-13-6-4-11-24(26)21-32(28)30/h3-8,10-19,36H,2,9,20-21H2,1H3. The van der Waals surface area contributed by atoms with E-state index in [0.29, 0.717) is 5.75 Å². The molecule has 0 aliphatic heterocycles. The summed E-state index contributed by atoms with van der Waals surface area (Å²) in [5, 5.41) is 11.9. The lowest BCUT2D eigenvalue weighted by molar-refractivity contribution is 0.479. The largest absolute Gasteiger partial charge is 0.507 e. The Balaban J connectivity index is 1.44. The zero-order valence-electron chi connectivity index (χ0n) is 20.5. The summed E-state index contributed by atoms with van der Waals surface area (Å²) >= 11 is 0. The molecule has 2 aliphatic carbocycles. The van der Waals surface area contributed by atoms with Gasteiger partial charge in [0.25, 0.3) is 0 Å². The Morgan fingerprint density at radius 3 is 1.42 bits per heavy atom. The van der Waals surface area contributed by atoms with Gasteiger partial charge in [-0.15, -0.1) is 0 Å². The predicted molar refractivity (Wildman–Crippen MR) is 149 cm³/mol. The fourth-order valence-electron chi connectivity index (χ4n) is 6.36. The second-order valence-corrected chi connectivity index (χ2v) is 10.1. The number of hydrogen-bond donors (Lipinski definition) is 1. The van der Waals surface area contributed by atoms with Crippen molar-refractivity contribution in [1.29, 1.82) is 0 Å². The Labute approximate surface area is 212 Å². The summed E-state index contributed by atoms with van der Waals surface area (Å²) in [7, 11) is 0. The first kappa shape index (κ1) is 21.2. The van der Waals surface area contributed by atoms with Gasteiger partial charge in [-0.25, -0.2) is 0 Å². The van der Waals surface area contributed by atoms with Crippen LogP contribution in [0.3, 0.4) is 0 Å². The molecule has 0 saturated heterocycles. The van der Waals surface area contributed by atoms with Gasteiger partial charge in [-0.2, -0.15) is 0 Å².